The average molecular weight is 723 g/mol. The highest BCUT2D eigenvalue weighted by Crippen LogP contribution is 2.27. The van der Waals surface area contributed by atoms with Gasteiger partial charge < -0.3 is 10.2 Å². The van der Waals surface area contributed by atoms with Gasteiger partial charge in [0.25, 0.3) is 10.0 Å². The molecule has 4 aromatic carbocycles. The molecule has 1 aliphatic rings. The molecule has 2 amide bonds. The molecular weight excluding hydrogens is 686 g/mol. The molecule has 0 bridgehead atoms. The second-order valence-electron chi connectivity index (χ2n) is 11.6. The van der Waals surface area contributed by atoms with E-state index >= 15 is 0 Å². The lowest BCUT2D eigenvalue weighted by Crippen LogP contribution is -2.54. The Morgan fingerprint density at radius 1 is 0.870 bits per heavy atom. The van der Waals surface area contributed by atoms with Crippen LogP contribution in [0.25, 0.3) is 0 Å². The first-order chi connectivity index (χ1) is 22.1. The minimum Gasteiger partial charge on any atom is -0.352 e. The first-order valence-corrected chi connectivity index (χ1v) is 17.9. The van der Waals surface area contributed by atoms with Crippen molar-refractivity contribution in [2.24, 2.45) is 0 Å². The van der Waals surface area contributed by atoms with E-state index in [1.165, 1.54) is 17.0 Å². The van der Waals surface area contributed by atoms with Crippen LogP contribution in [0.2, 0.25) is 5.02 Å². The van der Waals surface area contributed by atoms with Crippen LogP contribution < -0.4 is 9.62 Å². The van der Waals surface area contributed by atoms with Crippen molar-refractivity contribution in [1.82, 2.24) is 10.2 Å². The number of halogens is 2. The zero-order chi connectivity index (χ0) is 32.7. The highest BCUT2D eigenvalue weighted by molar-refractivity contribution is 9.10. The fourth-order valence-electron chi connectivity index (χ4n) is 5.68. The van der Waals surface area contributed by atoms with Gasteiger partial charge in [-0.2, -0.15) is 0 Å². The van der Waals surface area contributed by atoms with Gasteiger partial charge in [0.2, 0.25) is 11.8 Å². The maximum atomic E-state index is 14.6. The third kappa shape index (κ3) is 8.57. The molecule has 0 saturated heterocycles. The molecular formula is C36H37BrClN3O4S. The minimum absolute atomic E-state index is 0.0443. The summed E-state index contributed by atoms with van der Waals surface area (Å²) in [6, 6.07) is 29.1. The quantitative estimate of drug-likeness (QED) is 0.166. The first-order valence-electron chi connectivity index (χ1n) is 15.3. The summed E-state index contributed by atoms with van der Waals surface area (Å²) in [5, 5.41) is 3.63. The fraction of sp³-hybridized carbons (Fsp3) is 0.278. The predicted molar refractivity (Wildman–Crippen MR) is 186 cm³/mol. The second kappa shape index (κ2) is 15.3. The normalized spacial score (nSPS) is 14.1. The third-order valence-electron chi connectivity index (χ3n) is 8.24. The van der Waals surface area contributed by atoms with Crippen LogP contribution in [0.15, 0.2) is 112 Å². The van der Waals surface area contributed by atoms with Crippen LogP contribution in [-0.2, 0) is 32.6 Å². The summed E-state index contributed by atoms with van der Waals surface area (Å²) in [5.74, 6) is -0.753. The Labute approximate surface area is 284 Å². The summed E-state index contributed by atoms with van der Waals surface area (Å²) in [5.41, 5.74) is 2.90. The van der Waals surface area contributed by atoms with E-state index in [1.807, 2.05) is 61.5 Å². The molecule has 0 aromatic heterocycles. The van der Waals surface area contributed by atoms with Gasteiger partial charge in [-0.3, -0.25) is 13.9 Å². The number of amides is 2. The number of hydrogen-bond donors (Lipinski definition) is 1. The molecule has 7 nitrogen and oxygen atoms in total. The number of nitrogens with one attached hydrogen (secondary N) is 1. The number of nitrogens with zero attached hydrogens (tertiary/aromatic N) is 2. The van der Waals surface area contributed by atoms with E-state index < -0.39 is 28.5 Å². The van der Waals surface area contributed by atoms with E-state index in [4.69, 9.17) is 11.6 Å². The van der Waals surface area contributed by atoms with Crippen molar-refractivity contribution in [3.05, 3.63) is 129 Å². The van der Waals surface area contributed by atoms with Crippen LogP contribution in [-0.4, -0.2) is 43.8 Å². The first kappa shape index (κ1) is 33.7. The maximum absolute atomic E-state index is 14.6. The molecule has 10 heteroatoms. The monoisotopic (exact) mass is 721 g/mol. The molecule has 0 radical (unpaired) electrons. The molecule has 1 fully saturated rings. The SMILES string of the molecule is Cc1ccc(S(=O)(=O)N(CC(=O)N(Cc2ccc(Br)cc2)[C@H](Cc2ccccc2)C(=O)NC2CCCC2)c2ccc(Cl)cc2)cc1. The summed E-state index contributed by atoms with van der Waals surface area (Å²) in [4.78, 5) is 30.2. The Morgan fingerprint density at radius 3 is 2.13 bits per heavy atom. The molecule has 4 aromatic rings. The number of anilines is 1. The van der Waals surface area contributed by atoms with Crippen molar-refractivity contribution < 1.29 is 18.0 Å². The lowest BCUT2D eigenvalue weighted by molar-refractivity contribution is -0.140. The number of sulfonamides is 1. The van der Waals surface area contributed by atoms with Crippen molar-refractivity contribution in [2.75, 3.05) is 10.8 Å². The van der Waals surface area contributed by atoms with Gasteiger partial charge >= 0.3 is 0 Å². The third-order valence-corrected chi connectivity index (χ3v) is 10.8. The second-order valence-corrected chi connectivity index (χ2v) is 14.9. The van der Waals surface area contributed by atoms with Crippen molar-refractivity contribution in [3.63, 3.8) is 0 Å². The highest BCUT2D eigenvalue weighted by Gasteiger charge is 2.35. The molecule has 5 rings (SSSR count). The van der Waals surface area contributed by atoms with Gasteiger partial charge in [-0.15, -0.1) is 0 Å². The molecule has 0 spiro atoms. The summed E-state index contributed by atoms with van der Waals surface area (Å²) in [6.45, 7) is 1.47. The molecule has 0 aliphatic heterocycles. The molecule has 240 valence electrons. The van der Waals surface area contributed by atoms with Crippen molar-refractivity contribution in [1.29, 1.82) is 0 Å². The van der Waals surface area contributed by atoms with E-state index in [0.29, 0.717) is 5.02 Å². The van der Waals surface area contributed by atoms with Gasteiger partial charge in [0.1, 0.15) is 12.6 Å². The van der Waals surface area contributed by atoms with Crippen LogP contribution in [0.3, 0.4) is 0 Å². The summed E-state index contributed by atoms with van der Waals surface area (Å²) in [7, 11) is -4.18. The van der Waals surface area contributed by atoms with Gasteiger partial charge in [0.15, 0.2) is 0 Å². The Hall–Kier alpha value is -3.66. The van der Waals surface area contributed by atoms with Gasteiger partial charge in [-0.1, -0.05) is 101 Å². The molecule has 1 N–H and O–H groups in total. The zero-order valence-corrected chi connectivity index (χ0v) is 28.8. The Kier molecular flexibility index (Phi) is 11.2. The Morgan fingerprint density at radius 2 is 1.50 bits per heavy atom. The van der Waals surface area contributed by atoms with Gasteiger partial charge in [0, 0.05) is 28.5 Å². The number of benzene rings is 4. The molecule has 1 saturated carbocycles. The van der Waals surface area contributed by atoms with Crippen molar-refractivity contribution in [3.8, 4) is 0 Å². The summed E-state index contributed by atoms with van der Waals surface area (Å²) < 4.78 is 30.3. The highest BCUT2D eigenvalue weighted by atomic mass is 79.9. The maximum Gasteiger partial charge on any atom is 0.264 e. The van der Waals surface area contributed by atoms with E-state index in [1.54, 1.807) is 36.4 Å². The fourth-order valence-corrected chi connectivity index (χ4v) is 7.49. The molecule has 0 unspecified atom stereocenters. The zero-order valence-electron chi connectivity index (χ0n) is 25.6. The van der Waals surface area contributed by atoms with E-state index in [0.717, 1.165) is 51.2 Å². The van der Waals surface area contributed by atoms with Crippen LogP contribution in [0, 0.1) is 6.92 Å². The Bertz CT molecular complexity index is 1730. The number of aryl methyl sites for hydroxylation is 1. The van der Waals surface area contributed by atoms with E-state index in [-0.39, 0.29) is 35.5 Å². The lowest BCUT2D eigenvalue weighted by Gasteiger charge is -2.34. The lowest BCUT2D eigenvalue weighted by atomic mass is 10.0. The molecule has 46 heavy (non-hydrogen) atoms. The molecule has 1 aliphatic carbocycles. The molecule has 0 heterocycles. The van der Waals surface area contributed by atoms with Crippen molar-refractivity contribution in [2.45, 2.75) is 62.6 Å². The number of carbonyl (C=O) groups excluding carboxylic acids is 2. The number of carbonyl (C=O) groups is 2. The van der Waals surface area contributed by atoms with Gasteiger partial charge in [-0.25, -0.2) is 8.42 Å². The predicted octanol–water partition coefficient (Wildman–Crippen LogP) is 7.31. The standard InChI is InChI=1S/C36H37BrClN3O4S/c1-26-11-21-33(22-12-26)46(44,45)41(32-19-17-30(38)18-20-32)25-35(42)40(24-28-13-15-29(37)16-14-28)34(23-27-7-3-2-4-8-27)36(43)39-31-9-5-6-10-31/h2-4,7-8,11-22,31,34H,5-6,9-10,23-25H2,1H3,(H,39,43)/t34-/m1/s1. The van der Waals surface area contributed by atoms with Crippen LogP contribution in [0.1, 0.15) is 42.4 Å². The smallest absolute Gasteiger partial charge is 0.264 e. The van der Waals surface area contributed by atoms with Crippen molar-refractivity contribution >= 4 is 55.1 Å². The van der Waals surface area contributed by atoms with Gasteiger partial charge in [-0.05, 0) is 79.4 Å². The topological polar surface area (TPSA) is 86.8 Å². The Balaban J connectivity index is 1.55. The minimum atomic E-state index is -4.18. The number of rotatable bonds is 12. The van der Waals surface area contributed by atoms with Crippen LogP contribution >= 0.6 is 27.5 Å². The van der Waals surface area contributed by atoms with Crippen LogP contribution in [0.4, 0.5) is 5.69 Å². The molecule has 1 atom stereocenters. The van der Waals surface area contributed by atoms with Crippen LogP contribution in [0.5, 0.6) is 0 Å². The van der Waals surface area contributed by atoms with E-state index in [2.05, 4.69) is 21.2 Å². The summed E-state index contributed by atoms with van der Waals surface area (Å²) in [6.07, 6.45) is 4.14. The number of hydrogen-bond acceptors (Lipinski definition) is 4. The van der Waals surface area contributed by atoms with E-state index in [9.17, 15) is 18.0 Å². The average Bonchev–Trinajstić information content (AvgIpc) is 3.56. The largest absolute Gasteiger partial charge is 0.352 e. The van der Waals surface area contributed by atoms with Gasteiger partial charge in [0.05, 0.1) is 10.6 Å². The summed E-state index contributed by atoms with van der Waals surface area (Å²) >= 11 is 9.63.